The van der Waals surface area contributed by atoms with Crippen molar-refractivity contribution in [2.75, 3.05) is 5.73 Å². The van der Waals surface area contributed by atoms with Gasteiger partial charge in [0.25, 0.3) is 5.91 Å². The zero-order valence-electron chi connectivity index (χ0n) is 17.1. The number of nitrogens with two attached hydrogens (primary N) is 1. The minimum Gasteiger partial charge on any atom is -0.508 e. The lowest BCUT2D eigenvalue weighted by Crippen LogP contribution is -2.22. The molecule has 3 aromatic heterocycles. The molecule has 0 saturated carbocycles. The third-order valence-electron chi connectivity index (χ3n) is 5.47. The molecular weight excluding hydrogens is 394 g/mol. The van der Waals surface area contributed by atoms with E-state index in [-0.39, 0.29) is 17.5 Å². The molecule has 154 valence electrons. The maximum Gasteiger partial charge on any atom is 0.260 e. The molecule has 31 heavy (non-hydrogen) atoms. The van der Waals surface area contributed by atoms with Crippen LogP contribution in [-0.4, -0.2) is 35.7 Å². The molecule has 1 aromatic carbocycles. The van der Waals surface area contributed by atoms with Crippen molar-refractivity contribution in [3.8, 4) is 11.4 Å². The molecule has 0 radical (unpaired) electrons. The van der Waals surface area contributed by atoms with E-state index in [4.69, 9.17) is 5.73 Å². The summed E-state index contributed by atoms with van der Waals surface area (Å²) >= 11 is 0. The number of amides is 1. The molecule has 9 heteroatoms. The van der Waals surface area contributed by atoms with Crippen LogP contribution in [-0.2, 0) is 0 Å². The highest BCUT2D eigenvalue weighted by Gasteiger charge is 2.30. The number of hydrogen-bond acceptors (Lipinski definition) is 7. The van der Waals surface area contributed by atoms with E-state index in [1.165, 1.54) is 0 Å². The number of nitrogen functional groups attached to an aromatic ring is 1. The molecule has 4 N–H and O–H groups in total. The topological polar surface area (TPSA) is 132 Å². The summed E-state index contributed by atoms with van der Waals surface area (Å²) in [6.07, 6.45) is 4.90. The Balaban J connectivity index is 1.89. The smallest absolute Gasteiger partial charge is 0.260 e. The number of rotatable bonds is 2. The zero-order chi connectivity index (χ0) is 21.9. The number of aromatic hydroxyl groups is 1. The zero-order valence-corrected chi connectivity index (χ0v) is 17.1. The third kappa shape index (κ3) is 2.74. The fourth-order valence-corrected chi connectivity index (χ4v) is 4.03. The van der Waals surface area contributed by atoms with E-state index >= 15 is 0 Å². The molecular formula is C22H19N7O2. The van der Waals surface area contributed by atoms with Crippen LogP contribution in [0.5, 0.6) is 5.75 Å². The predicted molar refractivity (Wildman–Crippen MR) is 117 cm³/mol. The Labute approximate surface area is 177 Å². The number of phenolic OH excluding ortho intramolecular Hbond substituents is 1. The Morgan fingerprint density at radius 1 is 1.10 bits per heavy atom. The number of aromatic nitrogens is 5. The Morgan fingerprint density at radius 3 is 2.65 bits per heavy atom. The summed E-state index contributed by atoms with van der Waals surface area (Å²) in [5, 5.41) is 21.5. The second-order valence-electron chi connectivity index (χ2n) is 7.47. The van der Waals surface area contributed by atoms with Crippen LogP contribution in [0.25, 0.3) is 28.5 Å². The van der Waals surface area contributed by atoms with Crippen molar-refractivity contribution in [3.05, 3.63) is 64.4 Å². The molecule has 1 amide bonds. The van der Waals surface area contributed by atoms with E-state index in [1.807, 2.05) is 6.92 Å². The van der Waals surface area contributed by atoms with E-state index in [0.717, 1.165) is 5.56 Å². The van der Waals surface area contributed by atoms with Gasteiger partial charge in [-0.3, -0.25) is 9.36 Å². The van der Waals surface area contributed by atoms with Crippen LogP contribution in [0.1, 0.15) is 38.6 Å². The van der Waals surface area contributed by atoms with Crippen LogP contribution in [0.15, 0.2) is 30.6 Å². The molecule has 0 fully saturated rings. The summed E-state index contributed by atoms with van der Waals surface area (Å²) in [6.45, 7) is 5.51. The Bertz CT molecular complexity index is 1420. The third-order valence-corrected chi connectivity index (χ3v) is 5.47. The first kappa shape index (κ1) is 18.7. The van der Waals surface area contributed by atoms with Crippen molar-refractivity contribution in [1.82, 2.24) is 30.0 Å². The lowest BCUT2D eigenvalue weighted by molar-refractivity contribution is 0.0976. The highest BCUT2D eigenvalue weighted by atomic mass is 16.3. The summed E-state index contributed by atoms with van der Waals surface area (Å²) in [7, 11) is 0. The van der Waals surface area contributed by atoms with Gasteiger partial charge in [-0.05, 0) is 44.5 Å². The normalized spacial score (nSPS) is 13.1. The Kier molecular flexibility index (Phi) is 4.01. The van der Waals surface area contributed by atoms with Gasteiger partial charge < -0.3 is 16.2 Å². The quantitative estimate of drug-likeness (QED) is 0.460. The number of carbonyl (C=O) groups is 1. The molecule has 0 spiro atoms. The summed E-state index contributed by atoms with van der Waals surface area (Å²) in [6, 6.07) is 5.19. The predicted octanol–water partition coefficient (Wildman–Crippen LogP) is 2.67. The minimum absolute atomic E-state index is 0.137. The molecule has 4 aromatic rings. The lowest BCUT2D eigenvalue weighted by atomic mass is 10.1. The number of aryl methyl sites for hydroxylation is 2. The Morgan fingerprint density at radius 2 is 1.90 bits per heavy atom. The number of anilines is 1. The first-order valence-electron chi connectivity index (χ1n) is 9.65. The Hall–Kier alpha value is -4.27. The molecule has 5 rings (SSSR count). The van der Waals surface area contributed by atoms with Crippen molar-refractivity contribution in [2.24, 2.45) is 0 Å². The average Bonchev–Trinajstić information content (AvgIpc) is 2.93. The summed E-state index contributed by atoms with van der Waals surface area (Å²) in [4.78, 5) is 22.5. The van der Waals surface area contributed by atoms with Crippen molar-refractivity contribution in [3.63, 3.8) is 0 Å². The standard InChI is InChI=1S/C22H19N7O2/c1-10-4-5-16(30)11(2)19(10)29-20(23)18-17-15(26-12(3)27-21(17)29)8-14(28-22(18)31)13-6-7-24-25-9-13/h4-9,30H,23H2,1-3H3,(H,28,31). The van der Waals surface area contributed by atoms with Crippen LogP contribution in [0, 0.1) is 20.8 Å². The van der Waals surface area contributed by atoms with Gasteiger partial charge in [0.05, 0.1) is 40.4 Å². The second kappa shape index (κ2) is 6.63. The summed E-state index contributed by atoms with van der Waals surface area (Å²) < 4.78 is 1.72. The first-order chi connectivity index (χ1) is 14.9. The van der Waals surface area contributed by atoms with Crippen LogP contribution < -0.4 is 11.1 Å². The largest absolute Gasteiger partial charge is 0.508 e. The van der Waals surface area contributed by atoms with Gasteiger partial charge in [-0.25, -0.2) is 9.97 Å². The number of nitrogens with one attached hydrogen (secondary N) is 1. The van der Waals surface area contributed by atoms with Crippen molar-refractivity contribution in [2.45, 2.75) is 20.8 Å². The molecule has 1 aliphatic rings. The number of carbonyl (C=O) groups excluding carboxylic acids is 1. The van der Waals surface area contributed by atoms with Gasteiger partial charge in [0.15, 0.2) is 5.65 Å². The minimum atomic E-state index is -0.369. The van der Waals surface area contributed by atoms with Gasteiger partial charge in [0.1, 0.15) is 17.4 Å². The fraction of sp³-hybridized carbons (Fsp3) is 0.136. The fourth-order valence-electron chi connectivity index (χ4n) is 4.03. The summed E-state index contributed by atoms with van der Waals surface area (Å²) in [5.41, 5.74) is 11.4. The molecule has 0 atom stereocenters. The maximum absolute atomic E-state index is 13.3. The molecule has 9 nitrogen and oxygen atoms in total. The highest BCUT2D eigenvalue weighted by molar-refractivity contribution is 6.18. The van der Waals surface area contributed by atoms with Crippen molar-refractivity contribution >= 4 is 34.5 Å². The van der Waals surface area contributed by atoms with Gasteiger partial charge in [-0.2, -0.15) is 10.2 Å². The number of hydrogen-bond donors (Lipinski definition) is 3. The lowest BCUT2D eigenvalue weighted by Gasteiger charge is -2.16. The average molecular weight is 413 g/mol. The molecule has 0 saturated heterocycles. The summed E-state index contributed by atoms with van der Waals surface area (Å²) in [5.74, 6) is 0.526. The van der Waals surface area contributed by atoms with Gasteiger partial charge in [0, 0.05) is 11.1 Å². The van der Waals surface area contributed by atoms with E-state index < -0.39 is 0 Å². The van der Waals surface area contributed by atoms with E-state index in [1.54, 1.807) is 55.1 Å². The molecule has 1 aliphatic heterocycles. The van der Waals surface area contributed by atoms with Crippen molar-refractivity contribution in [1.29, 1.82) is 0 Å². The SMILES string of the molecule is Cc1nc2c3c(c(N)n(-c4c(C)ccc(O)c4C)c3n1)C(=O)NC(c1ccnnc1)=C2. The van der Waals surface area contributed by atoms with Crippen LogP contribution in [0.2, 0.25) is 0 Å². The van der Waals surface area contributed by atoms with Gasteiger partial charge in [-0.15, -0.1) is 0 Å². The van der Waals surface area contributed by atoms with Crippen LogP contribution in [0.4, 0.5) is 5.82 Å². The number of benzene rings is 1. The van der Waals surface area contributed by atoms with Crippen LogP contribution in [0.3, 0.4) is 0 Å². The second-order valence-corrected chi connectivity index (χ2v) is 7.47. The monoisotopic (exact) mass is 413 g/mol. The van der Waals surface area contributed by atoms with Gasteiger partial charge in [0.2, 0.25) is 0 Å². The maximum atomic E-state index is 13.3. The number of phenols is 1. The molecule has 0 bridgehead atoms. The van der Waals surface area contributed by atoms with E-state index in [2.05, 4.69) is 25.5 Å². The van der Waals surface area contributed by atoms with E-state index in [9.17, 15) is 9.90 Å². The first-order valence-corrected chi connectivity index (χ1v) is 9.65. The number of nitrogens with zero attached hydrogens (tertiary/aromatic N) is 5. The molecule has 0 aliphatic carbocycles. The van der Waals surface area contributed by atoms with Gasteiger partial charge >= 0.3 is 0 Å². The van der Waals surface area contributed by atoms with Crippen LogP contribution >= 0.6 is 0 Å². The molecule has 0 unspecified atom stereocenters. The highest BCUT2D eigenvalue weighted by Crippen LogP contribution is 2.38. The van der Waals surface area contributed by atoms with E-state index in [0.29, 0.717) is 50.6 Å². The molecule has 4 heterocycles. The van der Waals surface area contributed by atoms with Crippen molar-refractivity contribution < 1.29 is 9.90 Å². The van der Waals surface area contributed by atoms with Gasteiger partial charge in [-0.1, -0.05) is 6.07 Å².